The molecule has 3 heteroatoms. The molecule has 0 spiro atoms. The normalized spacial score (nSPS) is 11.0. The van der Waals surface area contributed by atoms with Crippen LogP contribution in [0.3, 0.4) is 0 Å². The lowest BCUT2D eigenvalue weighted by molar-refractivity contribution is 1.08. The van der Waals surface area contributed by atoms with Crippen molar-refractivity contribution >= 4 is 11.0 Å². The second-order valence-electron chi connectivity index (χ2n) is 3.30. The number of aryl methyl sites for hydroxylation is 2. The molecule has 0 saturated heterocycles. The van der Waals surface area contributed by atoms with Gasteiger partial charge in [-0.05, 0) is 31.0 Å². The fraction of sp³-hybridized carbons (Fsp3) is 0.300. The maximum absolute atomic E-state index is 5.60. The molecular formula is C10H13N3. The number of hydrogen-bond acceptors (Lipinski definition) is 2. The van der Waals surface area contributed by atoms with E-state index in [-0.39, 0.29) is 0 Å². The summed E-state index contributed by atoms with van der Waals surface area (Å²) in [7, 11) is 0. The van der Waals surface area contributed by atoms with Gasteiger partial charge in [-0.25, -0.2) is 4.98 Å². The first-order valence-corrected chi connectivity index (χ1v) is 4.36. The van der Waals surface area contributed by atoms with Crippen LogP contribution < -0.4 is 5.73 Å². The zero-order valence-electron chi connectivity index (χ0n) is 7.89. The van der Waals surface area contributed by atoms with Crippen LogP contribution in [0.1, 0.15) is 16.8 Å². The van der Waals surface area contributed by atoms with E-state index >= 15 is 0 Å². The third kappa shape index (κ3) is 1.21. The van der Waals surface area contributed by atoms with Crippen molar-refractivity contribution in [2.45, 2.75) is 20.4 Å². The van der Waals surface area contributed by atoms with E-state index in [0.717, 1.165) is 22.3 Å². The summed E-state index contributed by atoms with van der Waals surface area (Å²) in [6.07, 6.45) is 1.93. The van der Waals surface area contributed by atoms with Gasteiger partial charge in [-0.15, -0.1) is 0 Å². The van der Waals surface area contributed by atoms with Crippen LogP contribution in [0, 0.1) is 13.8 Å². The van der Waals surface area contributed by atoms with Crippen molar-refractivity contribution in [3.63, 3.8) is 0 Å². The predicted octanol–water partition coefficient (Wildman–Crippen LogP) is 1.64. The molecule has 0 radical (unpaired) electrons. The van der Waals surface area contributed by atoms with Crippen LogP contribution in [-0.4, -0.2) is 9.97 Å². The summed E-state index contributed by atoms with van der Waals surface area (Å²) in [4.78, 5) is 7.55. The monoisotopic (exact) mass is 175 g/mol. The van der Waals surface area contributed by atoms with E-state index in [9.17, 15) is 0 Å². The van der Waals surface area contributed by atoms with Gasteiger partial charge in [-0.2, -0.15) is 0 Å². The van der Waals surface area contributed by atoms with Gasteiger partial charge in [0.05, 0.1) is 0 Å². The van der Waals surface area contributed by atoms with Crippen LogP contribution >= 0.6 is 0 Å². The van der Waals surface area contributed by atoms with Gasteiger partial charge in [-0.3, -0.25) is 0 Å². The number of fused-ring (bicyclic) bond motifs is 1. The third-order valence-electron chi connectivity index (χ3n) is 2.42. The number of hydrogen-bond donors (Lipinski definition) is 2. The molecule has 13 heavy (non-hydrogen) atoms. The molecule has 0 aromatic carbocycles. The number of H-pyrrole nitrogens is 1. The average molecular weight is 175 g/mol. The lowest BCUT2D eigenvalue weighted by atomic mass is 10.1. The first-order chi connectivity index (χ1) is 6.22. The van der Waals surface area contributed by atoms with Crippen LogP contribution in [-0.2, 0) is 6.54 Å². The number of rotatable bonds is 1. The highest BCUT2D eigenvalue weighted by Crippen LogP contribution is 2.18. The Labute approximate surface area is 77.0 Å². The van der Waals surface area contributed by atoms with Crippen molar-refractivity contribution in [3.8, 4) is 0 Å². The molecule has 0 amide bonds. The molecule has 0 aliphatic rings. The number of pyridine rings is 1. The minimum absolute atomic E-state index is 0.560. The maximum atomic E-state index is 5.60. The molecule has 0 unspecified atom stereocenters. The van der Waals surface area contributed by atoms with Gasteiger partial charge >= 0.3 is 0 Å². The molecular weight excluding hydrogens is 162 g/mol. The van der Waals surface area contributed by atoms with Gasteiger partial charge in [0.15, 0.2) is 0 Å². The van der Waals surface area contributed by atoms with Crippen LogP contribution in [0.5, 0.6) is 0 Å². The SMILES string of the molecule is Cc1cc2c(CN)c[nH]c2nc1C. The third-order valence-corrected chi connectivity index (χ3v) is 2.42. The second kappa shape index (κ2) is 2.85. The van der Waals surface area contributed by atoms with Crippen molar-refractivity contribution < 1.29 is 0 Å². The zero-order chi connectivity index (χ0) is 9.42. The number of aromatic amines is 1. The molecule has 0 fully saturated rings. The maximum Gasteiger partial charge on any atom is 0.137 e. The number of nitrogens with zero attached hydrogens (tertiary/aromatic N) is 1. The molecule has 0 bridgehead atoms. The highest BCUT2D eigenvalue weighted by molar-refractivity contribution is 5.80. The molecule has 0 aliphatic heterocycles. The standard InChI is InChI=1S/C10H13N3/c1-6-3-9-8(4-11)5-12-10(9)13-7(6)2/h3,5H,4,11H2,1-2H3,(H,12,13). The van der Waals surface area contributed by atoms with Crippen LogP contribution in [0.25, 0.3) is 11.0 Å². The Hall–Kier alpha value is -1.35. The van der Waals surface area contributed by atoms with E-state index in [0.29, 0.717) is 6.54 Å². The molecule has 2 rings (SSSR count). The molecule has 2 aromatic heterocycles. The van der Waals surface area contributed by atoms with E-state index in [1.165, 1.54) is 5.56 Å². The Morgan fingerprint density at radius 2 is 2.23 bits per heavy atom. The number of nitrogens with one attached hydrogen (secondary N) is 1. The van der Waals surface area contributed by atoms with E-state index in [4.69, 9.17) is 5.73 Å². The summed E-state index contributed by atoms with van der Waals surface area (Å²) < 4.78 is 0. The predicted molar refractivity (Wildman–Crippen MR) is 53.5 cm³/mol. The van der Waals surface area contributed by atoms with Gasteiger partial charge in [0, 0.05) is 23.8 Å². The fourth-order valence-corrected chi connectivity index (χ4v) is 1.46. The minimum atomic E-state index is 0.560. The van der Waals surface area contributed by atoms with Crippen molar-refractivity contribution in [1.82, 2.24) is 9.97 Å². The van der Waals surface area contributed by atoms with E-state index in [1.54, 1.807) is 0 Å². The number of aromatic nitrogens is 2. The largest absolute Gasteiger partial charge is 0.346 e. The van der Waals surface area contributed by atoms with Gasteiger partial charge in [-0.1, -0.05) is 0 Å². The van der Waals surface area contributed by atoms with E-state index < -0.39 is 0 Å². The van der Waals surface area contributed by atoms with Gasteiger partial charge < -0.3 is 10.7 Å². The molecule has 2 aromatic rings. The Kier molecular flexibility index (Phi) is 1.81. The molecule has 2 heterocycles. The molecule has 68 valence electrons. The molecule has 0 saturated carbocycles. The summed E-state index contributed by atoms with van der Waals surface area (Å²) in [5.41, 5.74) is 9.94. The molecule has 3 nitrogen and oxygen atoms in total. The van der Waals surface area contributed by atoms with Crippen LogP contribution in [0.2, 0.25) is 0 Å². The van der Waals surface area contributed by atoms with Gasteiger partial charge in [0.2, 0.25) is 0 Å². The Morgan fingerprint density at radius 3 is 2.92 bits per heavy atom. The zero-order valence-corrected chi connectivity index (χ0v) is 7.89. The topological polar surface area (TPSA) is 54.7 Å². The summed E-state index contributed by atoms with van der Waals surface area (Å²) >= 11 is 0. The van der Waals surface area contributed by atoms with Crippen LogP contribution in [0.4, 0.5) is 0 Å². The quantitative estimate of drug-likeness (QED) is 0.692. The van der Waals surface area contributed by atoms with E-state index in [2.05, 4.69) is 23.0 Å². The summed E-state index contributed by atoms with van der Waals surface area (Å²) in [6.45, 7) is 4.64. The highest BCUT2D eigenvalue weighted by Gasteiger charge is 2.04. The molecule has 0 atom stereocenters. The van der Waals surface area contributed by atoms with Gasteiger partial charge in [0.1, 0.15) is 5.65 Å². The lowest BCUT2D eigenvalue weighted by Gasteiger charge is -1.99. The summed E-state index contributed by atoms with van der Waals surface area (Å²) in [5.74, 6) is 0. The van der Waals surface area contributed by atoms with Crippen LogP contribution in [0.15, 0.2) is 12.3 Å². The number of nitrogens with two attached hydrogens (primary N) is 1. The molecule has 0 aliphatic carbocycles. The minimum Gasteiger partial charge on any atom is -0.346 e. The second-order valence-corrected chi connectivity index (χ2v) is 3.30. The van der Waals surface area contributed by atoms with Crippen molar-refractivity contribution in [3.05, 3.63) is 29.1 Å². The van der Waals surface area contributed by atoms with Crippen molar-refractivity contribution in [2.24, 2.45) is 5.73 Å². The Balaban J connectivity index is 2.77. The molecule has 3 N–H and O–H groups in total. The highest BCUT2D eigenvalue weighted by atomic mass is 14.9. The van der Waals surface area contributed by atoms with E-state index in [1.807, 2.05) is 13.1 Å². The Morgan fingerprint density at radius 1 is 1.46 bits per heavy atom. The fourth-order valence-electron chi connectivity index (χ4n) is 1.46. The summed E-state index contributed by atoms with van der Waals surface area (Å²) in [6, 6.07) is 2.14. The van der Waals surface area contributed by atoms with Crippen molar-refractivity contribution in [2.75, 3.05) is 0 Å². The van der Waals surface area contributed by atoms with Crippen molar-refractivity contribution in [1.29, 1.82) is 0 Å². The first-order valence-electron chi connectivity index (χ1n) is 4.36. The smallest absolute Gasteiger partial charge is 0.137 e. The first kappa shape index (κ1) is 8.26. The Bertz CT molecular complexity index is 443. The van der Waals surface area contributed by atoms with Gasteiger partial charge in [0.25, 0.3) is 0 Å². The average Bonchev–Trinajstić information content (AvgIpc) is 2.48. The lowest BCUT2D eigenvalue weighted by Crippen LogP contribution is -1.95. The summed E-state index contributed by atoms with van der Waals surface area (Å²) in [5, 5.41) is 1.14.